The third-order valence-electron chi connectivity index (χ3n) is 3.70. The first-order chi connectivity index (χ1) is 11.1. The number of anilines is 1. The second-order valence-corrected chi connectivity index (χ2v) is 5.11. The summed E-state index contributed by atoms with van der Waals surface area (Å²) in [6.45, 7) is 2.85. The van der Waals surface area contributed by atoms with E-state index in [0.29, 0.717) is 24.5 Å². The number of ketones is 1. The maximum atomic E-state index is 12.9. The van der Waals surface area contributed by atoms with Gasteiger partial charge in [0.2, 0.25) is 0 Å². The van der Waals surface area contributed by atoms with Gasteiger partial charge in [-0.2, -0.15) is 0 Å². The number of carbonyl (C=O) groups excluding carboxylic acids is 2. The summed E-state index contributed by atoms with van der Waals surface area (Å²) < 4.78 is 6.47. The van der Waals surface area contributed by atoms with Crippen LogP contribution < -0.4 is 10.9 Å². The van der Waals surface area contributed by atoms with Crippen LogP contribution >= 0.6 is 0 Å². The van der Waals surface area contributed by atoms with Crippen molar-refractivity contribution >= 4 is 17.6 Å². The lowest BCUT2D eigenvalue weighted by molar-refractivity contribution is 0.0523. The lowest BCUT2D eigenvalue weighted by Crippen LogP contribution is -2.24. The van der Waals surface area contributed by atoms with E-state index in [9.17, 15) is 14.4 Å². The molecular weight excluding hydrogens is 296 g/mol. The second kappa shape index (κ2) is 6.08. The summed E-state index contributed by atoms with van der Waals surface area (Å²) in [7, 11) is 0. The van der Waals surface area contributed by atoms with Crippen LogP contribution in [0.25, 0.3) is 0 Å². The van der Waals surface area contributed by atoms with Gasteiger partial charge in [-0.1, -0.05) is 30.3 Å². The van der Waals surface area contributed by atoms with Gasteiger partial charge in [0.25, 0.3) is 5.56 Å². The van der Waals surface area contributed by atoms with Gasteiger partial charge in [0, 0.05) is 24.7 Å². The highest BCUT2D eigenvalue weighted by Gasteiger charge is 2.28. The van der Waals surface area contributed by atoms with Gasteiger partial charge in [0.15, 0.2) is 5.78 Å². The van der Waals surface area contributed by atoms with Crippen molar-refractivity contribution in [3.8, 4) is 0 Å². The third kappa shape index (κ3) is 2.63. The Hall–Kier alpha value is -2.89. The van der Waals surface area contributed by atoms with Crippen molar-refractivity contribution in [1.29, 1.82) is 0 Å². The predicted molar refractivity (Wildman–Crippen MR) is 85.0 cm³/mol. The molecule has 0 saturated carbocycles. The van der Waals surface area contributed by atoms with Crippen LogP contribution in [0.15, 0.2) is 41.2 Å². The fourth-order valence-electron chi connectivity index (χ4n) is 2.67. The van der Waals surface area contributed by atoms with Crippen molar-refractivity contribution < 1.29 is 14.3 Å². The number of ether oxygens (including phenoxy) is 1. The molecule has 3 rings (SSSR count). The number of rotatable bonds is 4. The van der Waals surface area contributed by atoms with Crippen LogP contribution in [0, 0.1) is 0 Å². The summed E-state index contributed by atoms with van der Waals surface area (Å²) in [4.78, 5) is 37.2. The summed E-state index contributed by atoms with van der Waals surface area (Å²) in [6.07, 6.45) is 0. The number of aromatic nitrogens is 1. The number of esters is 1. The van der Waals surface area contributed by atoms with Crippen molar-refractivity contribution in [1.82, 2.24) is 4.57 Å². The maximum absolute atomic E-state index is 12.9. The molecule has 0 atom stereocenters. The second-order valence-electron chi connectivity index (χ2n) is 5.11. The normalized spacial score (nSPS) is 12.4. The van der Waals surface area contributed by atoms with Crippen LogP contribution in [0.5, 0.6) is 0 Å². The summed E-state index contributed by atoms with van der Waals surface area (Å²) in [5.74, 6) is -0.595. The highest BCUT2D eigenvalue weighted by Crippen LogP contribution is 2.25. The van der Waals surface area contributed by atoms with Crippen LogP contribution in [0.1, 0.15) is 33.2 Å². The molecular formula is C17H16N2O4. The molecule has 1 aromatic heterocycles. The van der Waals surface area contributed by atoms with Gasteiger partial charge in [0.05, 0.1) is 17.7 Å². The predicted octanol–water partition coefficient (Wildman–Crippen LogP) is 1.68. The first kappa shape index (κ1) is 15.0. The maximum Gasteiger partial charge on any atom is 0.339 e. The highest BCUT2D eigenvalue weighted by molar-refractivity contribution is 6.17. The summed E-state index contributed by atoms with van der Waals surface area (Å²) in [5.41, 5.74) is 0.323. The Morgan fingerprint density at radius 3 is 2.70 bits per heavy atom. The minimum Gasteiger partial charge on any atom is -0.462 e. The van der Waals surface area contributed by atoms with Crippen LogP contribution in [-0.4, -0.2) is 29.5 Å². The molecule has 0 spiro atoms. The lowest BCUT2D eigenvalue weighted by Gasteiger charge is -2.13. The third-order valence-corrected chi connectivity index (χ3v) is 3.70. The molecule has 2 heterocycles. The molecule has 0 aliphatic carbocycles. The average Bonchev–Trinajstić information content (AvgIpc) is 3.05. The zero-order valence-corrected chi connectivity index (χ0v) is 12.7. The van der Waals surface area contributed by atoms with Gasteiger partial charge in [0.1, 0.15) is 5.82 Å². The number of nitrogens with zero attached hydrogens (tertiary/aromatic N) is 1. The van der Waals surface area contributed by atoms with Gasteiger partial charge in [-0.15, -0.1) is 0 Å². The van der Waals surface area contributed by atoms with Crippen LogP contribution in [-0.2, 0) is 11.3 Å². The smallest absolute Gasteiger partial charge is 0.339 e. The molecule has 1 N–H and O–H groups in total. The summed E-state index contributed by atoms with van der Waals surface area (Å²) in [6, 6.07) is 9.84. The molecule has 1 aromatic carbocycles. The van der Waals surface area contributed by atoms with Crippen molar-refractivity contribution in [2.45, 2.75) is 13.5 Å². The SMILES string of the molecule is CCOC(=O)c1cc(=O)n2c(c1C(=O)c1ccccc1)NCC2. The molecule has 0 unspecified atom stereocenters. The Kier molecular flexibility index (Phi) is 3.97. The van der Waals surface area contributed by atoms with E-state index in [1.165, 1.54) is 10.6 Å². The number of carbonyl (C=O) groups is 2. The molecule has 6 heteroatoms. The largest absolute Gasteiger partial charge is 0.462 e. The van der Waals surface area contributed by atoms with E-state index in [2.05, 4.69) is 5.32 Å². The molecule has 0 saturated heterocycles. The quantitative estimate of drug-likeness (QED) is 0.686. The number of benzene rings is 1. The first-order valence-electron chi connectivity index (χ1n) is 7.42. The van der Waals surface area contributed by atoms with Crippen LogP contribution in [0.2, 0.25) is 0 Å². The van der Waals surface area contributed by atoms with Crippen LogP contribution in [0.3, 0.4) is 0 Å². The molecule has 1 aliphatic rings. The Morgan fingerprint density at radius 2 is 2.00 bits per heavy atom. The zero-order chi connectivity index (χ0) is 16.4. The molecule has 1 aliphatic heterocycles. The molecule has 2 aromatic rings. The molecule has 118 valence electrons. The topological polar surface area (TPSA) is 77.4 Å². The zero-order valence-electron chi connectivity index (χ0n) is 12.7. The Bertz CT molecular complexity index is 824. The Labute approximate surface area is 132 Å². The first-order valence-corrected chi connectivity index (χ1v) is 7.42. The average molecular weight is 312 g/mol. The van der Waals surface area contributed by atoms with E-state index in [1.54, 1.807) is 37.3 Å². The number of pyridine rings is 1. The summed E-state index contributed by atoms with van der Waals surface area (Å²) >= 11 is 0. The minimum absolute atomic E-state index is 0.00588. The van der Waals surface area contributed by atoms with Gasteiger partial charge >= 0.3 is 5.97 Å². The van der Waals surface area contributed by atoms with Crippen LogP contribution in [0.4, 0.5) is 5.82 Å². The van der Waals surface area contributed by atoms with Crippen molar-refractivity contribution in [2.24, 2.45) is 0 Å². The van der Waals surface area contributed by atoms with E-state index in [1.807, 2.05) is 0 Å². The fraction of sp³-hybridized carbons (Fsp3) is 0.235. The molecule has 0 radical (unpaired) electrons. The molecule has 23 heavy (non-hydrogen) atoms. The fourth-order valence-corrected chi connectivity index (χ4v) is 2.67. The van der Waals surface area contributed by atoms with Crippen molar-refractivity contribution in [2.75, 3.05) is 18.5 Å². The van der Waals surface area contributed by atoms with E-state index in [0.717, 1.165) is 0 Å². The number of fused-ring (bicyclic) bond motifs is 1. The van der Waals surface area contributed by atoms with Gasteiger partial charge in [-0.05, 0) is 6.92 Å². The van der Waals surface area contributed by atoms with Gasteiger partial charge in [-0.3, -0.25) is 14.2 Å². The minimum atomic E-state index is -0.666. The van der Waals surface area contributed by atoms with Gasteiger partial charge < -0.3 is 10.1 Å². The van der Waals surface area contributed by atoms with E-state index in [4.69, 9.17) is 4.74 Å². The molecule has 6 nitrogen and oxygen atoms in total. The highest BCUT2D eigenvalue weighted by atomic mass is 16.5. The Balaban J connectivity index is 2.21. The molecule has 0 fully saturated rings. The number of nitrogens with one attached hydrogen (secondary N) is 1. The molecule has 0 amide bonds. The van der Waals surface area contributed by atoms with Crippen molar-refractivity contribution in [3.05, 3.63) is 63.4 Å². The number of hydrogen-bond acceptors (Lipinski definition) is 5. The Morgan fingerprint density at radius 1 is 1.26 bits per heavy atom. The standard InChI is InChI=1S/C17H16N2O4/c1-2-23-17(22)12-10-13(20)19-9-8-18-16(19)14(12)15(21)11-6-4-3-5-7-11/h3-7,10,18H,2,8-9H2,1H3. The molecule has 0 bridgehead atoms. The van der Waals surface area contributed by atoms with E-state index >= 15 is 0 Å². The monoisotopic (exact) mass is 312 g/mol. The summed E-state index contributed by atoms with van der Waals surface area (Å²) in [5, 5.41) is 3.03. The van der Waals surface area contributed by atoms with Crippen molar-refractivity contribution in [3.63, 3.8) is 0 Å². The lowest BCUT2D eigenvalue weighted by atomic mass is 9.99. The van der Waals surface area contributed by atoms with E-state index in [-0.39, 0.29) is 29.1 Å². The number of hydrogen-bond donors (Lipinski definition) is 1. The van der Waals surface area contributed by atoms with E-state index < -0.39 is 5.97 Å². The van der Waals surface area contributed by atoms with Gasteiger partial charge in [-0.25, -0.2) is 4.79 Å².